The summed E-state index contributed by atoms with van der Waals surface area (Å²) in [6.45, 7) is 8.05. The highest BCUT2D eigenvalue weighted by Crippen LogP contribution is 2.16. The minimum Gasteiger partial charge on any atom is -0.357 e. The lowest BCUT2D eigenvalue weighted by atomic mass is 10.00. The molecule has 1 N–H and O–H groups in total. The number of rotatable bonds is 3. The van der Waals surface area contributed by atoms with E-state index in [2.05, 4.69) is 30.1 Å². The van der Waals surface area contributed by atoms with Gasteiger partial charge in [0.2, 0.25) is 0 Å². The summed E-state index contributed by atoms with van der Waals surface area (Å²) in [6.07, 6.45) is 2.46. The van der Waals surface area contributed by atoms with Crippen molar-refractivity contribution in [1.29, 1.82) is 5.26 Å². The van der Waals surface area contributed by atoms with Crippen LogP contribution in [0, 0.1) is 17.2 Å². The van der Waals surface area contributed by atoms with Crippen LogP contribution < -0.4 is 5.32 Å². The Morgan fingerprint density at radius 3 is 2.77 bits per heavy atom. The van der Waals surface area contributed by atoms with Gasteiger partial charge in [-0.15, -0.1) is 24.0 Å². The van der Waals surface area contributed by atoms with E-state index in [0.29, 0.717) is 12.1 Å². The highest BCUT2D eigenvalue weighted by molar-refractivity contribution is 14.0. The van der Waals surface area contributed by atoms with Crippen LogP contribution in [0.4, 0.5) is 0 Å². The summed E-state index contributed by atoms with van der Waals surface area (Å²) in [6, 6.07) is 9.84. The van der Waals surface area contributed by atoms with Gasteiger partial charge in [0.05, 0.1) is 18.2 Å². The smallest absolute Gasteiger partial charge is 0.194 e. The summed E-state index contributed by atoms with van der Waals surface area (Å²) in [5, 5.41) is 12.3. The summed E-state index contributed by atoms with van der Waals surface area (Å²) < 4.78 is 0. The maximum Gasteiger partial charge on any atom is 0.194 e. The largest absolute Gasteiger partial charge is 0.357 e. The number of nitriles is 1. The Hall–Kier alpha value is -1.29. The predicted molar refractivity (Wildman–Crippen MR) is 101 cm³/mol. The van der Waals surface area contributed by atoms with Crippen molar-refractivity contribution in [3.05, 3.63) is 35.4 Å². The van der Waals surface area contributed by atoms with Gasteiger partial charge < -0.3 is 10.2 Å². The molecule has 0 atom stereocenters. The van der Waals surface area contributed by atoms with E-state index in [1.165, 1.54) is 12.8 Å². The van der Waals surface area contributed by atoms with E-state index in [0.717, 1.165) is 37.1 Å². The van der Waals surface area contributed by atoms with E-state index in [1.54, 1.807) is 0 Å². The van der Waals surface area contributed by atoms with Gasteiger partial charge in [-0.3, -0.25) is 0 Å². The third-order valence-electron chi connectivity index (χ3n) is 3.89. The number of nitrogens with zero attached hydrogens (tertiary/aromatic N) is 3. The molecule has 0 spiro atoms. The fraction of sp³-hybridized carbons (Fsp3) is 0.529. The van der Waals surface area contributed by atoms with E-state index in [1.807, 2.05) is 24.3 Å². The van der Waals surface area contributed by atoms with Gasteiger partial charge in [0.25, 0.3) is 0 Å². The fourth-order valence-electron chi connectivity index (χ4n) is 2.55. The van der Waals surface area contributed by atoms with Crippen LogP contribution in [0.5, 0.6) is 0 Å². The third-order valence-corrected chi connectivity index (χ3v) is 3.89. The minimum absolute atomic E-state index is 0. The van der Waals surface area contributed by atoms with E-state index in [9.17, 15) is 0 Å². The molecule has 0 aromatic heterocycles. The van der Waals surface area contributed by atoms with E-state index in [-0.39, 0.29) is 24.0 Å². The first-order valence-electron chi connectivity index (χ1n) is 7.75. The summed E-state index contributed by atoms with van der Waals surface area (Å²) in [7, 11) is 0. The molecule has 0 saturated carbocycles. The summed E-state index contributed by atoms with van der Waals surface area (Å²) in [5.74, 6) is 1.81. The van der Waals surface area contributed by atoms with Crippen LogP contribution in [-0.4, -0.2) is 30.5 Å². The zero-order valence-electron chi connectivity index (χ0n) is 13.4. The van der Waals surface area contributed by atoms with Crippen molar-refractivity contribution in [3.63, 3.8) is 0 Å². The minimum atomic E-state index is 0. The second-order valence-corrected chi connectivity index (χ2v) is 5.65. The number of aliphatic imine (C=N–C) groups is 1. The Bertz CT molecular complexity index is 528. The fourth-order valence-corrected chi connectivity index (χ4v) is 2.55. The molecule has 120 valence electrons. The second kappa shape index (κ2) is 9.67. The first-order valence-corrected chi connectivity index (χ1v) is 7.75. The molecule has 1 saturated heterocycles. The first-order chi connectivity index (χ1) is 10.2. The number of hydrogen-bond donors (Lipinski definition) is 1. The second-order valence-electron chi connectivity index (χ2n) is 5.65. The highest BCUT2D eigenvalue weighted by Gasteiger charge is 2.18. The first kappa shape index (κ1) is 18.8. The maximum atomic E-state index is 8.95. The molecule has 5 heteroatoms. The molecule has 1 fully saturated rings. The number of guanidine groups is 1. The van der Waals surface area contributed by atoms with Crippen LogP contribution >= 0.6 is 24.0 Å². The van der Waals surface area contributed by atoms with Crippen molar-refractivity contribution in [2.24, 2.45) is 10.9 Å². The Morgan fingerprint density at radius 1 is 1.41 bits per heavy atom. The van der Waals surface area contributed by atoms with Crippen LogP contribution in [0.25, 0.3) is 0 Å². The van der Waals surface area contributed by atoms with Crippen LogP contribution in [-0.2, 0) is 6.54 Å². The van der Waals surface area contributed by atoms with Gasteiger partial charge in [-0.1, -0.05) is 19.1 Å². The molecule has 1 aromatic carbocycles. The zero-order valence-corrected chi connectivity index (χ0v) is 15.7. The Kier molecular flexibility index (Phi) is 8.25. The van der Waals surface area contributed by atoms with Gasteiger partial charge in [0, 0.05) is 19.6 Å². The monoisotopic (exact) mass is 412 g/mol. The number of benzene rings is 1. The molecule has 0 aliphatic carbocycles. The van der Waals surface area contributed by atoms with Gasteiger partial charge in [0.1, 0.15) is 0 Å². The average Bonchev–Trinajstić information content (AvgIpc) is 2.52. The van der Waals surface area contributed by atoms with E-state index >= 15 is 0 Å². The number of nitrogens with one attached hydrogen (secondary N) is 1. The summed E-state index contributed by atoms with van der Waals surface area (Å²) in [5.41, 5.74) is 1.77. The van der Waals surface area contributed by atoms with E-state index in [4.69, 9.17) is 10.3 Å². The van der Waals surface area contributed by atoms with Crippen LogP contribution in [0.1, 0.15) is 37.8 Å². The molecular weight excluding hydrogens is 387 g/mol. The van der Waals surface area contributed by atoms with Crippen molar-refractivity contribution in [3.8, 4) is 6.07 Å². The Labute approximate surface area is 150 Å². The molecule has 1 aliphatic rings. The van der Waals surface area contributed by atoms with Gasteiger partial charge in [-0.2, -0.15) is 5.26 Å². The van der Waals surface area contributed by atoms with Crippen molar-refractivity contribution < 1.29 is 0 Å². The van der Waals surface area contributed by atoms with E-state index < -0.39 is 0 Å². The van der Waals surface area contributed by atoms with Gasteiger partial charge in [0.15, 0.2) is 5.96 Å². The molecule has 1 aliphatic heterocycles. The summed E-state index contributed by atoms with van der Waals surface area (Å²) in [4.78, 5) is 7.07. The van der Waals surface area contributed by atoms with Crippen molar-refractivity contribution in [2.75, 3.05) is 19.6 Å². The number of halogens is 1. The Balaban J connectivity index is 0.00000242. The standard InChI is InChI=1S/C17H24N4.HI/c1-3-19-17(21-9-7-14(2)8-10-21)20-13-16-6-4-5-15(11-16)12-18;/h4-6,11,14H,3,7-10,13H2,1-2H3,(H,19,20);1H. The normalized spacial score (nSPS) is 15.9. The van der Waals surface area contributed by atoms with Crippen molar-refractivity contribution in [1.82, 2.24) is 10.2 Å². The lowest BCUT2D eigenvalue weighted by molar-refractivity contribution is 0.273. The quantitative estimate of drug-likeness (QED) is 0.471. The number of likely N-dealkylation sites (tertiary alicyclic amines) is 1. The number of hydrogen-bond acceptors (Lipinski definition) is 2. The molecule has 2 rings (SSSR count). The zero-order chi connectivity index (χ0) is 15.1. The van der Waals surface area contributed by atoms with Crippen LogP contribution in [0.15, 0.2) is 29.3 Å². The Morgan fingerprint density at radius 2 is 2.14 bits per heavy atom. The lowest BCUT2D eigenvalue weighted by Gasteiger charge is -2.33. The molecule has 0 unspecified atom stereocenters. The van der Waals surface area contributed by atoms with Crippen molar-refractivity contribution in [2.45, 2.75) is 33.2 Å². The lowest BCUT2D eigenvalue weighted by Crippen LogP contribution is -2.45. The molecule has 0 bridgehead atoms. The van der Waals surface area contributed by atoms with Gasteiger partial charge in [-0.05, 0) is 43.4 Å². The van der Waals surface area contributed by atoms with Gasteiger partial charge >= 0.3 is 0 Å². The molecule has 0 radical (unpaired) electrons. The maximum absolute atomic E-state index is 8.95. The third kappa shape index (κ3) is 5.48. The molecular formula is C17H25IN4. The summed E-state index contributed by atoms with van der Waals surface area (Å²) >= 11 is 0. The van der Waals surface area contributed by atoms with Crippen molar-refractivity contribution >= 4 is 29.9 Å². The molecule has 1 aromatic rings. The van der Waals surface area contributed by atoms with Crippen LogP contribution in [0.3, 0.4) is 0 Å². The molecule has 22 heavy (non-hydrogen) atoms. The van der Waals surface area contributed by atoms with Gasteiger partial charge in [-0.25, -0.2) is 4.99 Å². The van der Waals surface area contributed by atoms with Crippen LogP contribution in [0.2, 0.25) is 0 Å². The topological polar surface area (TPSA) is 51.4 Å². The SMILES string of the molecule is CCNC(=NCc1cccc(C#N)c1)N1CCC(C)CC1.I. The average molecular weight is 412 g/mol. The highest BCUT2D eigenvalue weighted by atomic mass is 127. The molecule has 4 nitrogen and oxygen atoms in total. The number of piperidine rings is 1. The molecule has 1 heterocycles. The molecule has 0 amide bonds. The predicted octanol–water partition coefficient (Wildman–Crippen LogP) is 3.37.